The van der Waals surface area contributed by atoms with Crippen molar-refractivity contribution >= 4 is 17.7 Å². The quantitative estimate of drug-likeness (QED) is 0.620. The zero-order valence-corrected chi connectivity index (χ0v) is 11.5. The fourth-order valence-corrected chi connectivity index (χ4v) is 1.23. The standard InChI is InChI=1S/C13H22O5/c1-5-13(16)18-8-11(7-17-10(4)14)6-12(15)9(2)3/h9,11H,5-8H2,1-4H3. The summed E-state index contributed by atoms with van der Waals surface area (Å²) in [5.74, 6) is -0.996. The number of ketones is 1. The van der Waals surface area contributed by atoms with Gasteiger partial charge in [0.15, 0.2) is 0 Å². The van der Waals surface area contributed by atoms with E-state index < -0.39 is 5.97 Å². The van der Waals surface area contributed by atoms with E-state index in [1.54, 1.807) is 6.92 Å². The normalized spacial score (nSPS) is 12.1. The van der Waals surface area contributed by atoms with Crippen LogP contribution >= 0.6 is 0 Å². The number of hydrogen-bond acceptors (Lipinski definition) is 5. The van der Waals surface area contributed by atoms with Gasteiger partial charge in [-0.1, -0.05) is 20.8 Å². The number of hydrogen-bond donors (Lipinski definition) is 0. The molecule has 0 aliphatic carbocycles. The Balaban J connectivity index is 4.27. The molecule has 0 fully saturated rings. The van der Waals surface area contributed by atoms with E-state index in [1.165, 1.54) is 6.92 Å². The predicted molar refractivity (Wildman–Crippen MR) is 65.8 cm³/mol. The molecule has 0 aromatic carbocycles. The summed E-state index contributed by atoms with van der Waals surface area (Å²) in [5, 5.41) is 0. The molecule has 0 amide bonds. The average Bonchev–Trinajstić information content (AvgIpc) is 2.31. The summed E-state index contributed by atoms with van der Waals surface area (Å²) in [6.45, 7) is 6.83. The summed E-state index contributed by atoms with van der Waals surface area (Å²) in [6.07, 6.45) is 0.542. The van der Waals surface area contributed by atoms with E-state index >= 15 is 0 Å². The third-order valence-corrected chi connectivity index (χ3v) is 2.42. The molecule has 0 saturated carbocycles. The zero-order chi connectivity index (χ0) is 14.1. The molecule has 0 N–H and O–H groups in total. The van der Waals surface area contributed by atoms with Gasteiger partial charge in [-0.2, -0.15) is 0 Å². The van der Waals surface area contributed by atoms with Gasteiger partial charge in [-0.25, -0.2) is 0 Å². The van der Waals surface area contributed by atoms with Gasteiger partial charge in [-0.05, 0) is 0 Å². The van der Waals surface area contributed by atoms with Crippen LogP contribution in [0.4, 0.5) is 0 Å². The minimum absolute atomic E-state index is 0.0692. The van der Waals surface area contributed by atoms with Crippen molar-refractivity contribution in [3.8, 4) is 0 Å². The molecule has 0 radical (unpaired) electrons. The van der Waals surface area contributed by atoms with Gasteiger partial charge in [-0.15, -0.1) is 0 Å². The van der Waals surface area contributed by atoms with Gasteiger partial charge < -0.3 is 9.47 Å². The fourth-order valence-electron chi connectivity index (χ4n) is 1.23. The highest BCUT2D eigenvalue weighted by Gasteiger charge is 2.19. The molecule has 5 nitrogen and oxygen atoms in total. The van der Waals surface area contributed by atoms with Crippen LogP contribution in [0.15, 0.2) is 0 Å². The number of Topliss-reactive ketones (excluding diaryl/α,β-unsaturated/α-hetero) is 1. The molecule has 18 heavy (non-hydrogen) atoms. The van der Waals surface area contributed by atoms with Crippen molar-refractivity contribution in [3.05, 3.63) is 0 Å². The van der Waals surface area contributed by atoms with E-state index in [-0.39, 0.29) is 43.2 Å². The predicted octanol–water partition coefficient (Wildman–Crippen LogP) is 1.73. The number of carbonyl (C=O) groups is 3. The van der Waals surface area contributed by atoms with Gasteiger partial charge in [0.1, 0.15) is 5.78 Å². The van der Waals surface area contributed by atoms with Crippen LogP contribution in [0.1, 0.15) is 40.5 Å². The molecule has 5 heteroatoms. The molecule has 1 atom stereocenters. The van der Waals surface area contributed by atoms with E-state index in [1.807, 2.05) is 13.8 Å². The molecule has 0 bridgehead atoms. The van der Waals surface area contributed by atoms with Crippen LogP contribution in [-0.2, 0) is 23.9 Å². The van der Waals surface area contributed by atoms with Gasteiger partial charge in [0, 0.05) is 31.6 Å². The lowest BCUT2D eigenvalue weighted by molar-refractivity contribution is -0.149. The van der Waals surface area contributed by atoms with Crippen LogP contribution in [0, 0.1) is 11.8 Å². The number of rotatable bonds is 8. The maximum Gasteiger partial charge on any atom is 0.305 e. The van der Waals surface area contributed by atoms with Gasteiger partial charge in [0.25, 0.3) is 0 Å². The minimum Gasteiger partial charge on any atom is -0.465 e. The Bertz CT molecular complexity index is 296. The van der Waals surface area contributed by atoms with Gasteiger partial charge in [-0.3, -0.25) is 14.4 Å². The zero-order valence-electron chi connectivity index (χ0n) is 11.5. The van der Waals surface area contributed by atoms with E-state index in [4.69, 9.17) is 9.47 Å². The lowest BCUT2D eigenvalue weighted by atomic mass is 9.97. The minimum atomic E-state index is -0.404. The number of ether oxygens (including phenoxy) is 2. The maximum atomic E-state index is 11.6. The molecule has 0 aliphatic rings. The average molecular weight is 258 g/mol. The summed E-state index contributed by atoms with van der Waals surface area (Å²) in [7, 11) is 0. The maximum absolute atomic E-state index is 11.6. The molecule has 1 unspecified atom stereocenters. The SMILES string of the molecule is CCC(=O)OCC(COC(C)=O)CC(=O)C(C)C. The summed E-state index contributed by atoms with van der Waals surface area (Å²) in [4.78, 5) is 33.4. The molecule has 0 aromatic rings. The van der Waals surface area contributed by atoms with E-state index in [2.05, 4.69) is 0 Å². The van der Waals surface area contributed by atoms with E-state index in [0.717, 1.165) is 0 Å². The lowest BCUT2D eigenvalue weighted by Gasteiger charge is -2.17. The van der Waals surface area contributed by atoms with Crippen molar-refractivity contribution in [2.75, 3.05) is 13.2 Å². The third-order valence-electron chi connectivity index (χ3n) is 2.42. The second kappa shape index (κ2) is 8.66. The number of esters is 2. The van der Waals surface area contributed by atoms with E-state index in [0.29, 0.717) is 6.42 Å². The Kier molecular flexibility index (Phi) is 8.00. The first-order chi connectivity index (χ1) is 8.36. The lowest BCUT2D eigenvalue weighted by Crippen LogP contribution is -2.24. The smallest absolute Gasteiger partial charge is 0.305 e. The van der Waals surface area contributed by atoms with Crippen molar-refractivity contribution in [1.29, 1.82) is 0 Å². The first-order valence-corrected chi connectivity index (χ1v) is 6.18. The second-order valence-corrected chi connectivity index (χ2v) is 4.53. The van der Waals surface area contributed by atoms with Crippen molar-refractivity contribution < 1.29 is 23.9 Å². The van der Waals surface area contributed by atoms with Gasteiger partial charge in [0.05, 0.1) is 13.2 Å². The number of carbonyl (C=O) groups excluding carboxylic acids is 3. The molecule has 0 saturated heterocycles. The van der Waals surface area contributed by atoms with Crippen LogP contribution in [0.3, 0.4) is 0 Å². The molecule has 104 valence electrons. The van der Waals surface area contributed by atoms with Gasteiger partial charge in [0.2, 0.25) is 0 Å². The van der Waals surface area contributed by atoms with Crippen LogP contribution in [0.5, 0.6) is 0 Å². The third kappa shape index (κ3) is 7.81. The Morgan fingerprint density at radius 2 is 1.61 bits per heavy atom. The topological polar surface area (TPSA) is 69.7 Å². The summed E-state index contributed by atoms with van der Waals surface area (Å²) >= 11 is 0. The molecular formula is C13H22O5. The van der Waals surface area contributed by atoms with Crippen molar-refractivity contribution in [3.63, 3.8) is 0 Å². The highest BCUT2D eigenvalue weighted by atomic mass is 16.5. The molecule has 0 aromatic heterocycles. The van der Waals surface area contributed by atoms with Crippen LogP contribution < -0.4 is 0 Å². The summed E-state index contributed by atoms with van der Waals surface area (Å²) < 4.78 is 9.85. The Hall–Kier alpha value is -1.39. The second-order valence-electron chi connectivity index (χ2n) is 4.53. The molecule has 0 heterocycles. The van der Waals surface area contributed by atoms with Crippen LogP contribution in [0.2, 0.25) is 0 Å². The summed E-state index contributed by atoms with van der Waals surface area (Å²) in [6, 6.07) is 0. The van der Waals surface area contributed by atoms with Crippen LogP contribution in [-0.4, -0.2) is 30.9 Å². The highest BCUT2D eigenvalue weighted by molar-refractivity contribution is 5.80. The van der Waals surface area contributed by atoms with Crippen LogP contribution in [0.25, 0.3) is 0 Å². The highest BCUT2D eigenvalue weighted by Crippen LogP contribution is 2.11. The monoisotopic (exact) mass is 258 g/mol. The van der Waals surface area contributed by atoms with Crippen molar-refractivity contribution in [2.24, 2.45) is 11.8 Å². The molecule has 0 rings (SSSR count). The van der Waals surface area contributed by atoms with Crippen molar-refractivity contribution in [1.82, 2.24) is 0 Å². The summed E-state index contributed by atoms with van der Waals surface area (Å²) in [5.41, 5.74) is 0. The molecule has 0 spiro atoms. The van der Waals surface area contributed by atoms with Crippen molar-refractivity contribution in [2.45, 2.75) is 40.5 Å². The van der Waals surface area contributed by atoms with E-state index in [9.17, 15) is 14.4 Å². The first-order valence-electron chi connectivity index (χ1n) is 6.18. The largest absolute Gasteiger partial charge is 0.465 e. The Morgan fingerprint density at radius 3 is 2.06 bits per heavy atom. The Labute approximate surface area is 108 Å². The molecular weight excluding hydrogens is 236 g/mol. The first kappa shape index (κ1) is 16.6. The Morgan fingerprint density at radius 1 is 1.06 bits per heavy atom. The fraction of sp³-hybridized carbons (Fsp3) is 0.769. The molecule has 0 aliphatic heterocycles. The van der Waals surface area contributed by atoms with Gasteiger partial charge >= 0.3 is 11.9 Å².